The minimum absolute atomic E-state index is 0.140. The smallest absolute Gasteiger partial charge is 0.257 e. The number of carbonyl (C=O) groups is 1. The van der Waals surface area contributed by atoms with E-state index in [0.717, 1.165) is 10.6 Å². The Kier molecular flexibility index (Phi) is 6.74. The maximum absolute atomic E-state index is 12.9. The van der Waals surface area contributed by atoms with E-state index in [9.17, 15) is 13.2 Å². The van der Waals surface area contributed by atoms with Gasteiger partial charge in [0.1, 0.15) is 5.75 Å². The molecule has 1 amide bonds. The zero-order chi connectivity index (χ0) is 20.9. The molecule has 28 heavy (non-hydrogen) atoms. The molecule has 0 aliphatic carbocycles. The van der Waals surface area contributed by atoms with Crippen molar-refractivity contribution in [1.29, 1.82) is 0 Å². The van der Waals surface area contributed by atoms with E-state index < -0.39 is 15.9 Å². The van der Waals surface area contributed by atoms with Gasteiger partial charge in [-0.2, -0.15) is 0 Å². The van der Waals surface area contributed by atoms with E-state index in [1.54, 1.807) is 38.3 Å². The molecule has 152 valence electrons. The number of methoxy groups -OCH3 is 3. The molecule has 0 aliphatic rings. The molecule has 1 N–H and O–H groups in total. The predicted molar refractivity (Wildman–Crippen MR) is 108 cm³/mol. The zero-order valence-corrected chi connectivity index (χ0v) is 17.3. The highest BCUT2D eigenvalue weighted by atomic mass is 32.2. The van der Waals surface area contributed by atoms with Gasteiger partial charge >= 0.3 is 0 Å². The lowest BCUT2D eigenvalue weighted by Crippen LogP contribution is -2.31. The lowest BCUT2D eigenvalue weighted by molar-refractivity contribution is 0.102. The van der Waals surface area contributed by atoms with Gasteiger partial charge in [0.2, 0.25) is 10.0 Å². The van der Waals surface area contributed by atoms with Crippen molar-refractivity contribution in [2.24, 2.45) is 0 Å². The minimum atomic E-state index is -3.61. The van der Waals surface area contributed by atoms with Gasteiger partial charge in [-0.25, -0.2) is 8.42 Å². The number of sulfonamides is 1. The number of anilines is 2. The minimum Gasteiger partial charge on any atom is -0.497 e. The van der Waals surface area contributed by atoms with Crippen LogP contribution in [0.2, 0.25) is 0 Å². The first-order valence-corrected chi connectivity index (χ1v) is 10.3. The van der Waals surface area contributed by atoms with Crippen molar-refractivity contribution in [2.45, 2.75) is 6.92 Å². The van der Waals surface area contributed by atoms with Crippen LogP contribution in [0.15, 0.2) is 36.4 Å². The van der Waals surface area contributed by atoms with E-state index in [-0.39, 0.29) is 17.8 Å². The van der Waals surface area contributed by atoms with Crippen LogP contribution in [0.25, 0.3) is 0 Å². The number of benzene rings is 2. The Bertz CT molecular complexity index is 942. The summed E-state index contributed by atoms with van der Waals surface area (Å²) in [5, 5.41) is 2.76. The molecule has 2 aromatic rings. The van der Waals surface area contributed by atoms with Crippen LogP contribution in [0, 0.1) is 0 Å². The van der Waals surface area contributed by atoms with Crippen molar-refractivity contribution in [1.82, 2.24) is 0 Å². The van der Waals surface area contributed by atoms with Crippen molar-refractivity contribution < 1.29 is 27.4 Å². The first-order chi connectivity index (χ1) is 13.2. The number of amides is 1. The Morgan fingerprint density at radius 1 is 1.00 bits per heavy atom. The van der Waals surface area contributed by atoms with E-state index in [1.807, 2.05) is 0 Å². The highest BCUT2D eigenvalue weighted by Gasteiger charge is 2.25. The van der Waals surface area contributed by atoms with Crippen LogP contribution in [0.5, 0.6) is 17.2 Å². The molecule has 0 saturated carbocycles. The second-order valence-electron chi connectivity index (χ2n) is 5.83. The highest BCUT2D eigenvalue weighted by molar-refractivity contribution is 7.92. The molecule has 0 fully saturated rings. The molecule has 8 nitrogen and oxygen atoms in total. The third-order valence-electron chi connectivity index (χ3n) is 4.05. The summed E-state index contributed by atoms with van der Waals surface area (Å²) in [4.78, 5) is 12.9. The van der Waals surface area contributed by atoms with Gasteiger partial charge in [-0.05, 0) is 37.3 Å². The summed E-state index contributed by atoms with van der Waals surface area (Å²) in [6, 6.07) is 9.73. The Morgan fingerprint density at radius 2 is 1.57 bits per heavy atom. The summed E-state index contributed by atoms with van der Waals surface area (Å²) in [6.07, 6.45) is 1.08. The maximum atomic E-state index is 12.9. The normalized spacial score (nSPS) is 10.9. The standard InChI is InChI=1S/C19H24N2O6S/c1-6-21(28(5,23)24)16-12-18(27-4)17(26-3)11-15(16)19(22)20-13-7-9-14(25-2)10-8-13/h7-12H,6H2,1-5H3,(H,20,22). The number of carbonyl (C=O) groups excluding carboxylic acids is 1. The van der Waals surface area contributed by atoms with E-state index in [4.69, 9.17) is 14.2 Å². The van der Waals surface area contributed by atoms with Gasteiger partial charge in [0.25, 0.3) is 5.91 Å². The molecule has 0 unspecified atom stereocenters. The van der Waals surface area contributed by atoms with Gasteiger partial charge in [-0.3, -0.25) is 9.10 Å². The average molecular weight is 408 g/mol. The number of nitrogens with zero attached hydrogens (tertiary/aromatic N) is 1. The van der Waals surface area contributed by atoms with E-state index in [0.29, 0.717) is 22.9 Å². The van der Waals surface area contributed by atoms with Crippen LogP contribution in [-0.4, -0.2) is 48.5 Å². The van der Waals surface area contributed by atoms with Crippen molar-refractivity contribution in [3.8, 4) is 17.2 Å². The zero-order valence-electron chi connectivity index (χ0n) is 16.5. The average Bonchev–Trinajstić information content (AvgIpc) is 2.67. The van der Waals surface area contributed by atoms with Crippen molar-refractivity contribution in [3.05, 3.63) is 42.0 Å². The second-order valence-corrected chi connectivity index (χ2v) is 7.74. The van der Waals surface area contributed by atoms with Crippen LogP contribution < -0.4 is 23.8 Å². The number of hydrogen-bond donors (Lipinski definition) is 1. The van der Waals surface area contributed by atoms with Crippen LogP contribution in [-0.2, 0) is 10.0 Å². The molecule has 9 heteroatoms. The molecule has 0 spiro atoms. The molecule has 2 rings (SSSR count). The molecule has 0 aliphatic heterocycles. The number of nitrogens with one attached hydrogen (secondary N) is 1. The van der Waals surface area contributed by atoms with E-state index >= 15 is 0 Å². The Balaban J connectivity index is 2.53. The van der Waals surface area contributed by atoms with Gasteiger partial charge < -0.3 is 19.5 Å². The fraction of sp³-hybridized carbons (Fsp3) is 0.316. The molecule has 2 aromatic carbocycles. The third kappa shape index (κ3) is 4.66. The first-order valence-electron chi connectivity index (χ1n) is 8.44. The van der Waals surface area contributed by atoms with Gasteiger partial charge in [0.05, 0.1) is 38.8 Å². The van der Waals surface area contributed by atoms with Crippen molar-refractivity contribution in [2.75, 3.05) is 43.8 Å². The van der Waals surface area contributed by atoms with Crippen molar-refractivity contribution in [3.63, 3.8) is 0 Å². The summed E-state index contributed by atoms with van der Waals surface area (Å²) in [6.45, 7) is 1.83. The van der Waals surface area contributed by atoms with Crippen LogP contribution in [0.3, 0.4) is 0 Å². The predicted octanol–water partition coefficient (Wildman–Crippen LogP) is 2.75. The largest absolute Gasteiger partial charge is 0.497 e. The molecular weight excluding hydrogens is 384 g/mol. The monoisotopic (exact) mass is 408 g/mol. The van der Waals surface area contributed by atoms with Crippen LogP contribution >= 0.6 is 0 Å². The van der Waals surface area contributed by atoms with Gasteiger partial charge in [0.15, 0.2) is 11.5 Å². The van der Waals surface area contributed by atoms with E-state index in [2.05, 4.69) is 5.32 Å². The summed E-state index contributed by atoms with van der Waals surface area (Å²) in [7, 11) is 0.821. The molecule has 0 radical (unpaired) electrons. The van der Waals surface area contributed by atoms with Crippen molar-refractivity contribution >= 4 is 27.3 Å². The molecule has 0 atom stereocenters. The molecule has 0 heterocycles. The summed E-state index contributed by atoms with van der Waals surface area (Å²) in [5.41, 5.74) is 0.878. The lowest BCUT2D eigenvalue weighted by atomic mass is 10.1. The lowest BCUT2D eigenvalue weighted by Gasteiger charge is -2.24. The van der Waals surface area contributed by atoms with Crippen LogP contribution in [0.1, 0.15) is 17.3 Å². The second kappa shape index (κ2) is 8.83. The third-order valence-corrected chi connectivity index (χ3v) is 5.31. The first kappa shape index (κ1) is 21.4. The Morgan fingerprint density at radius 3 is 2.04 bits per heavy atom. The highest BCUT2D eigenvalue weighted by Crippen LogP contribution is 2.36. The fourth-order valence-electron chi connectivity index (χ4n) is 2.71. The molecule has 0 saturated heterocycles. The SMILES string of the molecule is CCN(c1cc(OC)c(OC)cc1C(=O)Nc1ccc(OC)cc1)S(C)(=O)=O. The molecular formula is C19H24N2O6S. The molecule has 0 aromatic heterocycles. The number of ether oxygens (including phenoxy) is 3. The maximum Gasteiger partial charge on any atom is 0.257 e. The quantitative estimate of drug-likeness (QED) is 0.722. The van der Waals surface area contributed by atoms with Gasteiger partial charge in [0, 0.05) is 18.3 Å². The van der Waals surface area contributed by atoms with Gasteiger partial charge in [-0.15, -0.1) is 0 Å². The van der Waals surface area contributed by atoms with E-state index in [1.165, 1.54) is 26.4 Å². The topological polar surface area (TPSA) is 94.2 Å². The fourth-order valence-corrected chi connectivity index (χ4v) is 3.69. The number of rotatable bonds is 8. The summed E-state index contributed by atoms with van der Waals surface area (Å²) in [5.74, 6) is 0.804. The van der Waals surface area contributed by atoms with Gasteiger partial charge in [-0.1, -0.05) is 0 Å². The summed E-state index contributed by atoms with van der Waals surface area (Å²) < 4.78 is 41.2. The molecule has 0 bridgehead atoms. The summed E-state index contributed by atoms with van der Waals surface area (Å²) >= 11 is 0. The number of hydrogen-bond acceptors (Lipinski definition) is 6. The Hall–Kier alpha value is -2.94. The Labute approximate surface area is 165 Å². The van der Waals surface area contributed by atoms with Crippen LogP contribution in [0.4, 0.5) is 11.4 Å².